The molecule has 0 aliphatic carbocycles. The average molecular weight is 144 g/mol. The molecule has 2 aromatic heterocycles. The van der Waals surface area contributed by atoms with Crippen molar-refractivity contribution in [1.29, 1.82) is 0 Å². The van der Waals surface area contributed by atoms with Gasteiger partial charge in [0.15, 0.2) is 0 Å². The Kier molecular flexibility index (Phi) is 1.41. The molecule has 0 saturated carbocycles. The third-order valence-corrected chi connectivity index (χ3v) is 1.36. The second kappa shape index (κ2) is 2.54. The third kappa shape index (κ3) is 1.12. The van der Waals surface area contributed by atoms with Gasteiger partial charge in [0.2, 0.25) is 0 Å². The number of rotatable bonds is 1. The molecule has 0 saturated heterocycles. The van der Waals surface area contributed by atoms with Crippen LogP contribution in [0.5, 0.6) is 0 Å². The van der Waals surface area contributed by atoms with Gasteiger partial charge >= 0.3 is 0 Å². The highest BCUT2D eigenvalue weighted by Gasteiger charge is 1.91. The van der Waals surface area contributed by atoms with Crippen LogP contribution in [0, 0.1) is 6.07 Å². The van der Waals surface area contributed by atoms with Gasteiger partial charge in [0.25, 0.3) is 0 Å². The van der Waals surface area contributed by atoms with Gasteiger partial charge in [0, 0.05) is 24.7 Å². The van der Waals surface area contributed by atoms with E-state index in [1.165, 1.54) is 0 Å². The Hall–Kier alpha value is -1.64. The molecule has 0 atom stereocenters. The van der Waals surface area contributed by atoms with Crippen LogP contribution in [0.4, 0.5) is 0 Å². The summed E-state index contributed by atoms with van der Waals surface area (Å²) in [5, 5.41) is 4.04. The van der Waals surface area contributed by atoms with Crippen LogP contribution >= 0.6 is 0 Å². The number of aromatic nitrogens is 3. The molecule has 3 heteroatoms. The molecule has 0 unspecified atom stereocenters. The van der Waals surface area contributed by atoms with Crippen molar-refractivity contribution in [2.24, 2.45) is 0 Å². The molecule has 0 aliphatic rings. The SMILES string of the molecule is [c]1cncc(-n2cccn2)c1. The minimum absolute atomic E-state index is 0.928. The Morgan fingerprint density at radius 3 is 3.09 bits per heavy atom. The van der Waals surface area contributed by atoms with Crippen molar-refractivity contribution in [3.8, 4) is 5.69 Å². The van der Waals surface area contributed by atoms with E-state index in [4.69, 9.17) is 0 Å². The van der Waals surface area contributed by atoms with Crippen molar-refractivity contribution >= 4 is 0 Å². The van der Waals surface area contributed by atoms with E-state index < -0.39 is 0 Å². The first kappa shape index (κ1) is 6.09. The molecule has 2 aromatic rings. The van der Waals surface area contributed by atoms with Crippen LogP contribution in [0.3, 0.4) is 0 Å². The Bertz CT molecular complexity index is 312. The lowest BCUT2D eigenvalue weighted by Gasteiger charge is -1.96. The monoisotopic (exact) mass is 144 g/mol. The highest BCUT2D eigenvalue weighted by atomic mass is 15.3. The van der Waals surface area contributed by atoms with Crippen molar-refractivity contribution < 1.29 is 0 Å². The molecule has 0 bridgehead atoms. The van der Waals surface area contributed by atoms with Crippen LogP contribution in [-0.4, -0.2) is 14.8 Å². The van der Waals surface area contributed by atoms with E-state index in [0.717, 1.165) is 5.69 Å². The minimum Gasteiger partial charge on any atom is -0.262 e. The summed E-state index contributed by atoms with van der Waals surface area (Å²) in [5.74, 6) is 0. The summed E-state index contributed by atoms with van der Waals surface area (Å²) < 4.78 is 1.74. The molecular formula is C8H6N3. The molecule has 0 fully saturated rings. The van der Waals surface area contributed by atoms with E-state index in [0.29, 0.717) is 0 Å². The first-order chi connectivity index (χ1) is 5.47. The Balaban J connectivity index is 2.46. The lowest BCUT2D eigenvalue weighted by atomic mass is 10.4. The number of pyridine rings is 1. The average Bonchev–Trinajstić information content (AvgIpc) is 2.58. The van der Waals surface area contributed by atoms with Crippen molar-refractivity contribution in [3.63, 3.8) is 0 Å². The maximum atomic E-state index is 4.04. The van der Waals surface area contributed by atoms with Gasteiger partial charge in [0.05, 0.1) is 11.9 Å². The highest BCUT2D eigenvalue weighted by Crippen LogP contribution is 2.00. The Labute approximate surface area is 64.3 Å². The fraction of sp³-hybridized carbons (Fsp3) is 0. The summed E-state index contributed by atoms with van der Waals surface area (Å²) >= 11 is 0. The Morgan fingerprint density at radius 2 is 2.45 bits per heavy atom. The predicted octanol–water partition coefficient (Wildman–Crippen LogP) is 1.07. The van der Waals surface area contributed by atoms with Crippen molar-refractivity contribution in [2.75, 3.05) is 0 Å². The summed E-state index contributed by atoms with van der Waals surface area (Å²) in [6.07, 6.45) is 6.95. The minimum atomic E-state index is 0.928. The highest BCUT2D eigenvalue weighted by molar-refractivity contribution is 5.24. The molecule has 2 rings (SSSR count). The molecule has 0 aliphatic heterocycles. The summed E-state index contributed by atoms with van der Waals surface area (Å²) in [6.45, 7) is 0. The van der Waals surface area contributed by atoms with Crippen LogP contribution in [0.1, 0.15) is 0 Å². The fourth-order valence-electron chi connectivity index (χ4n) is 0.863. The number of hydrogen-bond acceptors (Lipinski definition) is 2. The third-order valence-electron chi connectivity index (χ3n) is 1.36. The molecule has 2 heterocycles. The molecule has 0 spiro atoms. The van der Waals surface area contributed by atoms with Crippen LogP contribution in [0.2, 0.25) is 0 Å². The van der Waals surface area contributed by atoms with E-state index >= 15 is 0 Å². The second-order valence-electron chi connectivity index (χ2n) is 2.09. The van der Waals surface area contributed by atoms with E-state index in [-0.39, 0.29) is 0 Å². The molecule has 53 valence electrons. The van der Waals surface area contributed by atoms with Gasteiger partial charge in [-0.05, 0) is 12.1 Å². The van der Waals surface area contributed by atoms with E-state index in [1.807, 2.05) is 18.3 Å². The number of nitrogens with zero attached hydrogens (tertiary/aromatic N) is 3. The lowest BCUT2D eigenvalue weighted by molar-refractivity contribution is 0.873. The molecule has 3 nitrogen and oxygen atoms in total. The molecule has 11 heavy (non-hydrogen) atoms. The summed E-state index contributed by atoms with van der Waals surface area (Å²) in [4.78, 5) is 3.92. The lowest BCUT2D eigenvalue weighted by Crippen LogP contribution is -1.93. The maximum Gasteiger partial charge on any atom is 0.0834 e. The molecule has 1 radical (unpaired) electrons. The molecule has 0 N–H and O–H groups in total. The maximum absolute atomic E-state index is 4.04. The van der Waals surface area contributed by atoms with Crippen LogP contribution in [-0.2, 0) is 0 Å². The zero-order chi connectivity index (χ0) is 7.52. The van der Waals surface area contributed by atoms with Crippen molar-refractivity contribution in [2.45, 2.75) is 0 Å². The van der Waals surface area contributed by atoms with Crippen LogP contribution in [0.25, 0.3) is 5.69 Å². The second-order valence-corrected chi connectivity index (χ2v) is 2.09. The smallest absolute Gasteiger partial charge is 0.0834 e. The zero-order valence-electron chi connectivity index (χ0n) is 5.81. The van der Waals surface area contributed by atoms with Crippen LogP contribution in [0.15, 0.2) is 36.9 Å². The first-order valence-corrected chi connectivity index (χ1v) is 3.28. The van der Waals surface area contributed by atoms with Crippen LogP contribution < -0.4 is 0 Å². The molecule has 0 amide bonds. The first-order valence-electron chi connectivity index (χ1n) is 3.28. The van der Waals surface area contributed by atoms with Gasteiger partial charge in [-0.25, -0.2) is 4.68 Å². The standard InChI is InChI=1S/C8H6N3/c1-3-8(7-9-4-1)11-6-2-5-10-11/h2-7H. The van der Waals surface area contributed by atoms with Gasteiger partial charge < -0.3 is 0 Å². The Morgan fingerprint density at radius 1 is 1.45 bits per heavy atom. The summed E-state index contributed by atoms with van der Waals surface area (Å²) in [5.41, 5.74) is 0.928. The largest absolute Gasteiger partial charge is 0.262 e. The normalized spacial score (nSPS) is 9.82. The van der Waals surface area contributed by atoms with E-state index in [9.17, 15) is 0 Å². The van der Waals surface area contributed by atoms with E-state index in [2.05, 4.69) is 16.1 Å². The van der Waals surface area contributed by atoms with Gasteiger partial charge in [-0.3, -0.25) is 4.98 Å². The van der Waals surface area contributed by atoms with Gasteiger partial charge in [-0.2, -0.15) is 5.10 Å². The van der Waals surface area contributed by atoms with Crippen molar-refractivity contribution in [3.05, 3.63) is 43.0 Å². The molecule has 0 aromatic carbocycles. The zero-order valence-corrected chi connectivity index (χ0v) is 5.81. The summed E-state index contributed by atoms with van der Waals surface area (Å²) in [6, 6.07) is 6.58. The van der Waals surface area contributed by atoms with Gasteiger partial charge in [-0.15, -0.1) is 0 Å². The topological polar surface area (TPSA) is 30.7 Å². The summed E-state index contributed by atoms with van der Waals surface area (Å²) in [7, 11) is 0. The fourth-order valence-corrected chi connectivity index (χ4v) is 0.863. The number of hydrogen-bond donors (Lipinski definition) is 0. The van der Waals surface area contributed by atoms with Gasteiger partial charge in [-0.1, -0.05) is 0 Å². The van der Waals surface area contributed by atoms with Crippen molar-refractivity contribution in [1.82, 2.24) is 14.8 Å². The molecular weight excluding hydrogens is 138 g/mol. The quantitative estimate of drug-likeness (QED) is 0.599. The van der Waals surface area contributed by atoms with E-state index in [1.54, 1.807) is 23.3 Å². The predicted molar refractivity (Wildman–Crippen MR) is 40.2 cm³/mol. The van der Waals surface area contributed by atoms with Gasteiger partial charge in [0.1, 0.15) is 0 Å².